The van der Waals surface area contributed by atoms with Gasteiger partial charge in [-0.3, -0.25) is 0 Å². The van der Waals surface area contributed by atoms with Gasteiger partial charge < -0.3 is 14.3 Å². The van der Waals surface area contributed by atoms with E-state index in [2.05, 4.69) is 21.4 Å². The third-order valence-electron chi connectivity index (χ3n) is 3.68. The summed E-state index contributed by atoms with van der Waals surface area (Å²) >= 11 is 3.70. The van der Waals surface area contributed by atoms with Gasteiger partial charge in [0.1, 0.15) is 11.5 Å². The summed E-state index contributed by atoms with van der Waals surface area (Å²) in [5, 5.41) is 0. The Morgan fingerprint density at radius 1 is 1.11 bits per heavy atom. The highest BCUT2D eigenvalue weighted by molar-refractivity contribution is 9.10. The predicted octanol–water partition coefficient (Wildman–Crippen LogP) is 2.75. The Kier molecular flexibility index (Phi) is 3.96. The molecule has 0 aliphatic carbocycles. The first kappa shape index (κ1) is 13.2. The van der Waals surface area contributed by atoms with Crippen molar-refractivity contribution < 1.29 is 14.3 Å². The smallest absolute Gasteiger partial charge is 0.137 e. The van der Waals surface area contributed by atoms with E-state index in [9.17, 15) is 0 Å². The number of hydrogen-bond acceptors (Lipinski definition) is 4. The second-order valence-corrected chi connectivity index (χ2v) is 5.63. The maximum absolute atomic E-state index is 5.92. The van der Waals surface area contributed by atoms with E-state index in [1.807, 2.05) is 0 Å². The molecular weight excluding hydrogens is 310 g/mol. The highest BCUT2D eigenvalue weighted by Gasteiger charge is 2.27. The Hall–Kier alpha value is -0.780. The van der Waals surface area contributed by atoms with Gasteiger partial charge in [-0.25, -0.2) is 0 Å². The van der Waals surface area contributed by atoms with Crippen LogP contribution in [0.3, 0.4) is 0 Å². The van der Waals surface area contributed by atoms with Crippen LogP contribution in [0, 0.1) is 0 Å². The van der Waals surface area contributed by atoms with E-state index in [0.29, 0.717) is 6.54 Å². The molecule has 0 fully saturated rings. The van der Waals surface area contributed by atoms with Gasteiger partial charge in [0.05, 0.1) is 31.3 Å². The molecule has 0 saturated carbocycles. The molecule has 2 heterocycles. The zero-order valence-corrected chi connectivity index (χ0v) is 12.6. The molecule has 1 N–H and O–H groups in total. The molecule has 0 radical (unpaired) electrons. The van der Waals surface area contributed by atoms with E-state index in [1.165, 1.54) is 16.7 Å². The van der Waals surface area contributed by atoms with Crippen LogP contribution >= 0.6 is 15.9 Å². The fourth-order valence-corrected chi connectivity index (χ4v) is 3.55. The summed E-state index contributed by atoms with van der Waals surface area (Å²) in [6.45, 7) is 2.24. The molecule has 0 amide bonds. The lowest BCUT2D eigenvalue weighted by Crippen LogP contribution is -2.21. The van der Waals surface area contributed by atoms with Crippen molar-refractivity contribution in [3.8, 4) is 11.5 Å². The van der Waals surface area contributed by atoms with Crippen molar-refractivity contribution in [1.29, 1.82) is 0 Å². The Labute approximate surface area is 121 Å². The molecule has 0 spiro atoms. The molecule has 0 unspecified atom stereocenters. The molecule has 0 atom stereocenters. The first-order valence-corrected chi connectivity index (χ1v) is 7.49. The molecule has 0 aromatic heterocycles. The predicted molar refractivity (Wildman–Crippen MR) is 75.6 cm³/mol. The minimum absolute atomic E-state index is 0.651. The highest BCUT2D eigenvalue weighted by Crippen LogP contribution is 2.46. The topological polar surface area (TPSA) is 39.7 Å². The van der Waals surface area contributed by atoms with Gasteiger partial charge in [0.25, 0.3) is 0 Å². The molecule has 5 heteroatoms. The quantitative estimate of drug-likeness (QED) is 0.866. The second-order valence-electron chi connectivity index (χ2n) is 4.84. The first-order chi connectivity index (χ1) is 9.33. The number of benzene rings is 1. The average molecular weight is 328 g/mol. The SMILES string of the molecule is CONCc1c2c(c(Br)c3c1OCCC3)OCCC2. The maximum Gasteiger partial charge on any atom is 0.137 e. The standard InChI is InChI=1S/C14H18BrNO3/c1-17-16-8-11-9-4-2-7-19-14(9)12(15)10-5-3-6-18-13(10)11/h16H,2-8H2,1H3. The lowest BCUT2D eigenvalue weighted by atomic mass is 9.93. The van der Waals surface area contributed by atoms with E-state index in [1.54, 1.807) is 7.11 Å². The number of rotatable bonds is 3. The summed E-state index contributed by atoms with van der Waals surface area (Å²) in [6, 6.07) is 0. The number of hydrogen-bond donors (Lipinski definition) is 1. The van der Waals surface area contributed by atoms with Gasteiger partial charge in [-0.15, -0.1) is 0 Å². The van der Waals surface area contributed by atoms with Gasteiger partial charge in [-0.2, -0.15) is 5.48 Å². The van der Waals surface area contributed by atoms with E-state index in [-0.39, 0.29) is 0 Å². The molecule has 0 bridgehead atoms. The van der Waals surface area contributed by atoms with Crippen molar-refractivity contribution in [2.75, 3.05) is 20.3 Å². The monoisotopic (exact) mass is 327 g/mol. The Morgan fingerprint density at radius 3 is 2.53 bits per heavy atom. The third kappa shape index (κ3) is 2.35. The van der Waals surface area contributed by atoms with Crippen molar-refractivity contribution in [3.63, 3.8) is 0 Å². The Morgan fingerprint density at radius 2 is 1.79 bits per heavy atom. The van der Waals surface area contributed by atoms with Crippen LogP contribution in [-0.2, 0) is 24.2 Å². The van der Waals surface area contributed by atoms with Crippen molar-refractivity contribution in [3.05, 3.63) is 21.2 Å². The van der Waals surface area contributed by atoms with Crippen molar-refractivity contribution in [2.45, 2.75) is 32.2 Å². The average Bonchev–Trinajstić information content (AvgIpc) is 2.47. The summed E-state index contributed by atoms with van der Waals surface area (Å²) in [4.78, 5) is 5.00. The lowest BCUT2D eigenvalue weighted by molar-refractivity contribution is 0.0853. The number of halogens is 1. The normalized spacial score (nSPS) is 17.2. The summed E-state index contributed by atoms with van der Waals surface area (Å²) in [5.41, 5.74) is 6.61. The molecule has 3 rings (SSSR count). The van der Waals surface area contributed by atoms with Crippen LogP contribution < -0.4 is 15.0 Å². The zero-order valence-electron chi connectivity index (χ0n) is 11.1. The summed E-state index contributed by atoms with van der Waals surface area (Å²) in [7, 11) is 1.63. The van der Waals surface area contributed by atoms with Crippen molar-refractivity contribution >= 4 is 15.9 Å². The lowest BCUT2D eigenvalue weighted by Gasteiger charge is -2.29. The van der Waals surface area contributed by atoms with Gasteiger partial charge >= 0.3 is 0 Å². The molecule has 19 heavy (non-hydrogen) atoms. The first-order valence-electron chi connectivity index (χ1n) is 6.70. The van der Waals surface area contributed by atoms with Crippen LogP contribution in [0.15, 0.2) is 4.47 Å². The molecule has 2 aliphatic rings. The third-order valence-corrected chi connectivity index (χ3v) is 4.52. The molecule has 4 nitrogen and oxygen atoms in total. The summed E-state index contributed by atoms with van der Waals surface area (Å²) in [5.74, 6) is 2.02. The maximum atomic E-state index is 5.92. The van der Waals surface area contributed by atoms with E-state index in [0.717, 1.165) is 54.9 Å². The van der Waals surface area contributed by atoms with Crippen LogP contribution in [0.25, 0.3) is 0 Å². The van der Waals surface area contributed by atoms with Gasteiger partial charge in [0, 0.05) is 16.7 Å². The van der Waals surface area contributed by atoms with Crippen LogP contribution in [0.4, 0.5) is 0 Å². The van der Waals surface area contributed by atoms with Crippen LogP contribution in [0.2, 0.25) is 0 Å². The van der Waals surface area contributed by atoms with E-state index < -0.39 is 0 Å². The summed E-state index contributed by atoms with van der Waals surface area (Å²) in [6.07, 6.45) is 4.18. The Bertz CT molecular complexity index is 453. The molecule has 0 saturated heterocycles. The van der Waals surface area contributed by atoms with E-state index in [4.69, 9.17) is 14.3 Å². The number of fused-ring (bicyclic) bond motifs is 2. The van der Waals surface area contributed by atoms with Gasteiger partial charge in [-0.1, -0.05) is 0 Å². The van der Waals surface area contributed by atoms with Gasteiger partial charge in [0.15, 0.2) is 0 Å². The number of nitrogens with one attached hydrogen (secondary N) is 1. The number of ether oxygens (including phenoxy) is 2. The molecule has 1 aromatic carbocycles. The van der Waals surface area contributed by atoms with Crippen LogP contribution in [0.5, 0.6) is 11.5 Å². The Balaban J connectivity index is 2.13. The molecule has 1 aromatic rings. The largest absolute Gasteiger partial charge is 0.493 e. The zero-order chi connectivity index (χ0) is 13.2. The van der Waals surface area contributed by atoms with Gasteiger partial charge in [0.2, 0.25) is 0 Å². The minimum Gasteiger partial charge on any atom is -0.493 e. The molecule has 104 valence electrons. The second kappa shape index (κ2) is 5.69. The fraction of sp³-hybridized carbons (Fsp3) is 0.571. The van der Waals surface area contributed by atoms with Crippen LogP contribution in [-0.4, -0.2) is 20.3 Å². The van der Waals surface area contributed by atoms with Crippen LogP contribution in [0.1, 0.15) is 29.5 Å². The minimum atomic E-state index is 0.651. The van der Waals surface area contributed by atoms with Crippen molar-refractivity contribution in [2.24, 2.45) is 0 Å². The van der Waals surface area contributed by atoms with E-state index >= 15 is 0 Å². The highest BCUT2D eigenvalue weighted by atomic mass is 79.9. The fourth-order valence-electron chi connectivity index (χ4n) is 2.82. The number of hydroxylamine groups is 1. The van der Waals surface area contributed by atoms with Crippen molar-refractivity contribution in [1.82, 2.24) is 5.48 Å². The molecule has 2 aliphatic heterocycles. The summed E-state index contributed by atoms with van der Waals surface area (Å²) < 4.78 is 12.9. The molecular formula is C14H18BrNO3. The van der Waals surface area contributed by atoms with Gasteiger partial charge in [-0.05, 0) is 41.6 Å².